The second kappa shape index (κ2) is 5.85. The average Bonchev–Trinajstić information content (AvgIpc) is 2.41. The van der Waals surface area contributed by atoms with Gasteiger partial charge in [-0.15, -0.1) is 0 Å². The van der Waals surface area contributed by atoms with Crippen LogP contribution in [0.3, 0.4) is 0 Å². The first kappa shape index (κ1) is 13.6. The SMILES string of the molecule is N#Cc1c(F)cccc1Nc1ccc(CC(=O)O)cc1. The normalized spacial score (nSPS) is 9.80. The number of benzene rings is 2. The first-order valence-electron chi connectivity index (χ1n) is 5.86. The van der Waals surface area contributed by atoms with Crippen LogP contribution in [0.25, 0.3) is 0 Å². The van der Waals surface area contributed by atoms with E-state index in [1.165, 1.54) is 12.1 Å². The monoisotopic (exact) mass is 270 g/mol. The number of hydrogen-bond acceptors (Lipinski definition) is 3. The van der Waals surface area contributed by atoms with Crippen LogP contribution >= 0.6 is 0 Å². The van der Waals surface area contributed by atoms with Crippen molar-refractivity contribution in [1.82, 2.24) is 0 Å². The molecule has 0 aliphatic rings. The zero-order valence-electron chi connectivity index (χ0n) is 10.4. The van der Waals surface area contributed by atoms with E-state index < -0.39 is 11.8 Å². The van der Waals surface area contributed by atoms with Crippen molar-refractivity contribution in [2.75, 3.05) is 5.32 Å². The summed E-state index contributed by atoms with van der Waals surface area (Å²) >= 11 is 0. The smallest absolute Gasteiger partial charge is 0.307 e. The minimum atomic E-state index is -0.900. The van der Waals surface area contributed by atoms with Crippen molar-refractivity contribution in [3.8, 4) is 6.07 Å². The second-order valence-electron chi connectivity index (χ2n) is 4.17. The first-order chi connectivity index (χ1) is 9.60. The minimum absolute atomic E-state index is 0.0519. The van der Waals surface area contributed by atoms with Crippen LogP contribution in [-0.4, -0.2) is 11.1 Å². The van der Waals surface area contributed by atoms with Gasteiger partial charge in [-0.25, -0.2) is 4.39 Å². The van der Waals surface area contributed by atoms with Crippen molar-refractivity contribution in [2.45, 2.75) is 6.42 Å². The highest BCUT2D eigenvalue weighted by Gasteiger charge is 2.08. The number of aliphatic carboxylic acids is 1. The molecular formula is C15H11FN2O2. The predicted octanol–water partition coefficient (Wildman–Crippen LogP) is 3.07. The largest absolute Gasteiger partial charge is 0.481 e. The maximum atomic E-state index is 13.4. The molecule has 0 amide bonds. The van der Waals surface area contributed by atoms with E-state index in [4.69, 9.17) is 10.4 Å². The van der Waals surface area contributed by atoms with Crippen LogP contribution in [0.1, 0.15) is 11.1 Å². The van der Waals surface area contributed by atoms with Crippen LogP contribution < -0.4 is 5.32 Å². The molecule has 20 heavy (non-hydrogen) atoms. The van der Waals surface area contributed by atoms with Gasteiger partial charge >= 0.3 is 5.97 Å². The van der Waals surface area contributed by atoms with Crippen LogP contribution in [0.4, 0.5) is 15.8 Å². The molecule has 0 heterocycles. The average molecular weight is 270 g/mol. The molecule has 0 saturated heterocycles. The van der Waals surface area contributed by atoms with Gasteiger partial charge < -0.3 is 10.4 Å². The maximum Gasteiger partial charge on any atom is 0.307 e. The van der Waals surface area contributed by atoms with Crippen molar-refractivity contribution < 1.29 is 14.3 Å². The van der Waals surface area contributed by atoms with E-state index in [1.54, 1.807) is 36.4 Å². The molecular weight excluding hydrogens is 259 g/mol. The van der Waals surface area contributed by atoms with Gasteiger partial charge in [-0.1, -0.05) is 18.2 Å². The van der Waals surface area contributed by atoms with Crippen LogP contribution in [0.5, 0.6) is 0 Å². The molecule has 0 unspecified atom stereocenters. The third-order valence-electron chi connectivity index (χ3n) is 2.71. The molecule has 0 aliphatic carbocycles. The van der Waals surface area contributed by atoms with Crippen molar-refractivity contribution in [1.29, 1.82) is 5.26 Å². The Kier molecular flexibility index (Phi) is 3.96. The molecule has 0 spiro atoms. The highest BCUT2D eigenvalue weighted by atomic mass is 19.1. The molecule has 5 heteroatoms. The summed E-state index contributed by atoms with van der Waals surface area (Å²) in [7, 11) is 0. The minimum Gasteiger partial charge on any atom is -0.481 e. The zero-order valence-corrected chi connectivity index (χ0v) is 10.4. The summed E-state index contributed by atoms with van der Waals surface area (Å²) in [6.07, 6.45) is -0.0519. The van der Waals surface area contributed by atoms with Crippen molar-refractivity contribution in [3.05, 3.63) is 59.4 Å². The zero-order chi connectivity index (χ0) is 14.5. The Morgan fingerprint density at radius 2 is 1.95 bits per heavy atom. The van der Waals surface area contributed by atoms with Gasteiger partial charge in [0.25, 0.3) is 0 Å². The van der Waals surface area contributed by atoms with Gasteiger partial charge in [-0.3, -0.25) is 4.79 Å². The fraction of sp³-hybridized carbons (Fsp3) is 0.0667. The number of nitrogens with zero attached hydrogens (tertiary/aromatic N) is 1. The van der Waals surface area contributed by atoms with Crippen molar-refractivity contribution in [2.24, 2.45) is 0 Å². The van der Waals surface area contributed by atoms with Crippen LogP contribution in [-0.2, 0) is 11.2 Å². The van der Waals surface area contributed by atoms with Crippen molar-refractivity contribution >= 4 is 17.3 Å². The number of rotatable bonds is 4. The molecule has 0 aliphatic heterocycles. The van der Waals surface area contributed by atoms with E-state index in [2.05, 4.69) is 5.32 Å². The fourth-order valence-electron chi connectivity index (χ4n) is 1.78. The summed E-state index contributed by atoms with van der Waals surface area (Å²) in [5, 5.41) is 20.5. The predicted molar refractivity (Wildman–Crippen MR) is 72.2 cm³/mol. The Morgan fingerprint density at radius 3 is 2.55 bits per heavy atom. The molecule has 2 aromatic rings. The van der Waals surface area contributed by atoms with Gasteiger partial charge in [0.2, 0.25) is 0 Å². The lowest BCUT2D eigenvalue weighted by molar-refractivity contribution is -0.136. The summed E-state index contributed by atoms with van der Waals surface area (Å²) in [4.78, 5) is 10.6. The number of halogens is 1. The third kappa shape index (κ3) is 3.12. The number of carboxylic acid groups (broad SMARTS) is 1. The quantitative estimate of drug-likeness (QED) is 0.895. The summed E-state index contributed by atoms with van der Waals surface area (Å²) < 4.78 is 13.4. The number of carbonyl (C=O) groups is 1. The Bertz CT molecular complexity index is 675. The molecule has 100 valence electrons. The Hall–Kier alpha value is -2.87. The number of carboxylic acids is 1. The molecule has 2 rings (SSSR count). The number of anilines is 2. The van der Waals surface area contributed by atoms with Crippen LogP contribution in [0, 0.1) is 17.1 Å². The van der Waals surface area contributed by atoms with E-state index in [-0.39, 0.29) is 12.0 Å². The number of nitriles is 1. The summed E-state index contributed by atoms with van der Waals surface area (Å²) in [6.45, 7) is 0. The molecule has 0 bridgehead atoms. The van der Waals surface area contributed by atoms with Gasteiger partial charge in [-0.05, 0) is 29.8 Å². The van der Waals surface area contributed by atoms with E-state index in [0.29, 0.717) is 16.9 Å². The Balaban J connectivity index is 2.21. The molecule has 0 radical (unpaired) electrons. The molecule has 2 N–H and O–H groups in total. The summed E-state index contributed by atoms with van der Waals surface area (Å²) in [6, 6.07) is 12.9. The van der Waals surface area contributed by atoms with Crippen molar-refractivity contribution in [3.63, 3.8) is 0 Å². The number of hydrogen-bond donors (Lipinski definition) is 2. The van der Waals surface area contributed by atoms with E-state index in [0.717, 1.165) is 0 Å². The van der Waals surface area contributed by atoms with E-state index in [1.807, 2.05) is 0 Å². The molecule has 2 aromatic carbocycles. The van der Waals surface area contributed by atoms with Crippen LogP contribution in [0.2, 0.25) is 0 Å². The lowest BCUT2D eigenvalue weighted by atomic mass is 10.1. The van der Waals surface area contributed by atoms with Gasteiger partial charge in [0, 0.05) is 5.69 Å². The first-order valence-corrected chi connectivity index (χ1v) is 5.86. The fourth-order valence-corrected chi connectivity index (χ4v) is 1.78. The van der Waals surface area contributed by atoms with Gasteiger partial charge in [0.15, 0.2) is 0 Å². The molecule has 0 aromatic heterocycles. The lowest BCUT2D eigenvalue weighted by Gasteiger charge is -2.09. The molecule has 0 saturated carbocycles. The topological polar surface area (TPSA) is 73.1 Å². The number of nitrogens with one attached hydrogen (secondary N) is 1. The standard InChI is InChI=1S/C15H11FN2O2/c16-13-2-1-3-14(12(13)9-17)18-11-6-4-10(5-7-11)8-15(19)20/h1-7,18H,8H2,(H,19,20). The summed E-state index contributed by atoms with van der Waals surface area (Å²) in [5.41, 5.74) is 1.64. The lowest BCUT2D eigenvalue weighted by Crippen LogP contribution is -2.00. The highest BCUT2D eigenvalue weighted by molar-refractivity contribution is 5.71. The Morgan fingerprint density at radius 1 is 1.25 bits per heavy atom. The van der Waals surface area contributed by atoms with Gasteiger partial charge in [0.1, 0.15) is 17.4 Å². The second-order valence-corrected chi connectivity index (χ2v) is 4.17. The van der Waals surface area contributed by atoms with Gasteiger partial charge in [0.05, 0.1) is 12.1 Å². The maximum absolute atomic E-state index is 13.4. The highest BCUT2D eigenvalue weighted by Crippen LogP contribution is 2.22. The van der Waals surface area contributed by atoms with Crippen LogP contribution in [0.15, 0.2) is 42.5 Å². The molecule has 0 atom stereocenters. The Labute approximate surface area is 115 Å². The van der Waals surface area contributed by atoms with E-state index in [9.17, 15) is 9.18 Å². The summed E-state index contributed by atoms with van der Waals surface area (Å²) in [5.74, 6) is -1.48. The van der Waals surface area contributed by atoms with E-state index >= 15 is 0 Å². The third-order valence-corrected chi connectivity index (χ3v) is 2.71. The molecule has 4 nitrogen and oxygen atoms in total. The van der Waals surface area contributed by atoms with Gasteiger partial charge in [-0.2, -0.15) is 5.26 Å². The molecule has 0 fully saturated rings.